The van der Waals surface area contributed by atoms with Crippen molar-refractivity contribution in [3.05, 3.63) is 30.3 Å². The van der Waals surface area contributed by atoms with Crippen molar-refractivity contribution in [2.45, 2.75) is 17.4 Å². The highest BCUT2D eigenvalue weighted by atomic mass is 32.2. The molecule has 76 valence electrons. The number of rotatable bonds is 5. The van der Waals surface area contributed by atoms with E-state index >= 15 is 0 Å². The van der Waals surface area contributed by atoms with E-state index in [1.165, 1.54) is 0 Å². The van der Waals surface area contributed by atoms with Gasteiger partial charge in [0.1, 0.15) is 0 Å². The predicted molar refractivity (Wildman–Crippen MR) is 57.4 cm³/mol. The number of thioether (sulfide) groups is 1. The van der Waals surface area contributed by atoms with Crippen molar-refractivity contribution in [3.63, 3.8) is 0 Å². The molecular formula is C10H13NO2S. The van der Waals surface area contributed by atoms with Gasteiger partial charge in [-0.05, 0) is 12.1 Å². The van der Waals surface area contributed by atoms with Gasteiger partial charge in [-0.3, -0.25) is 4.79 Å². The number of hydrogen-bond donors (Lipinski definition) is 2. The van der Waals surface area contributed by atoms with Crippen LogP contribution in [0.15, 0.2) is 35.2 Å². The minimum atomic E-state index is -0.842. The van der Waals surface area contributed by atoms with E-state index in [9.17, 15) is 4.79 Å². The Morgan fingerprint density at radius 1 is 1.43 bits per heavy atom. The molecule has 0 aliphatic rings. The molecule has 1 rings (SSSR count). The van der Waals surface area contributed by atoms with Gasteiger partial charge in [0, 0.05) is 16.7 Å². The average molecular weight is 211 g/mol. The van der Waals surface area contributed by atoms with Crippen LogP contribution in [-0.2, 0) is 4.79 Å². The Morgan fingerprint density at radius 3 is 2.64 bits per heavy atom. The Kier molecular flexibility index (Phi) is 4.49. The second-order valence-corrected chi connectivity index (χ2v) is 4.08. The maximum atomic E-state index is 10.3. The molecule has 0 bridgehead atoms. The Balaban J connectivity index is 2.30. The standard InChI is InChI=1S/C10H13NO2S/c11-8(6-10(12)13)7-14-9-4-2-1-3-5-9/h1-5,8H,6-7,11H2,(H,12,13). The fourth-order valence-electron chi connectivity index (χ4n) is 1.00. The van der Waals surface area contributed by atoms with Crippen molar-refractivity contribution in [1.82, 2.24) is 0 Å². The molecular weight excluding hydrogens is 198 g/mol. The summed E-state index contributed by atoms with van der Waals surface area (Å²) >= 11 is 1.58. The molecule has 14 heavy (non-hydrogen) atoms. The summed E-state index contributed by atoms with van der Waals surface area (Å²) in [5.74, 6) is -0.206. The molecule has 0 spiro atoms. The predicted octanol–water partition coefficient (Wildman–Crippen LogP) is 1.58. The molecule has 3 N–H and O–H groups in total. The molecule has 0 radical (unpaired) electrons. The first-order valence-electron chi connectivity index (χ1n) is 4.33. The molecule has 0 fully saturated rings. The van der Waals surface area contributed by atoms with Gasteiger partial charge in [0.05, 0.1) is 6.42 Å². The molecule has 0 amide bonds. The lowest BCUT2D eigenvalue weighted by molar-refractivity contribution is -0.137. The van der Waals surface area contributed by atoms with Crippen LogP contribution in [0.4, 0.5) is 0 Å². The van der Waals surface area contributed by atoms with Gasteiger partial charge < -0.3 is 10.8 Å². The third-order valence-corrected chi connectivity index (χ3v) is 2.84. The number of carbonyl (C=O) groups is 1. The summed E-state index contributed by atoms with van der Waals surface area (Å²) in [6.45, 7) is 0. The molecule has 0 aliphatic carbocycles. The van der Waals surface area contributed by atoms with E-state index in [1.54, 1.807) is 11.8 Å². The highest BCUT2D eigenvalue weighted by molar-refractivity contribution is 7.99. The van der Waals surface area contributed by atoms with Crippen molar-refractivity contribution >= 4 is 17.7 Å². The van der Waals surface area contributed by atoms with Crippen molar-refractivity contribution in [2.75, 3.05) is 5.75 Å². The maximum Gasteiger partial charge on any atom is 0.304 e. The zero-order chi connectivity index (χ0) is 10.4. The Bertz CT molecular complexity index is 289. The zero-order valence-corrected chi connectivity index (χ0v) is 8.54. The van der Waals surface area contributed by atoms with Crippen LogP contribution in [0.5, 0.6) is 0 Å². The van der Waals surface area contributed by atoms with Gasteiger partial charge in [-0.1, -0.05) is 18.2 Å². The molecule has 0 aliphatic heterocycles. The summed E-state index contributed by atoms with van der Waals surface area (Å²) < 4.78 is 0. The Hall–Kier alpha value is -1.00. The van der Waals surface area contributed by atoms with E-state index < -0.39 is 5.97 Å². The van der Waals surface area contributed by atoms with Gasteiger partial charge in [0.2, 0.25) is 0 Å². The fourth-order valence-corrected chi connectivity index (χ4v) is 1.88. The van der Waals surface area contributed by atoms with Crippen LogP contribution in [0.1, 0.15) is 6.42 Å². The largest absolute Gasteiger partial charge is 0.481 e. The first-order chi connectivity index (χ1) is 6.68. The molecule has 1 unspecified atom stereocenters. The number of hydrogen-bond acceptors (Lipinski definition) is 3. The van der Waals surface area contributed by atoms with Crippen LogP contribution < -0.4 is 5.73 Å². The van der Waals surface area contributed by atoms with E-state index in [0.29, 0.717) is 5.75 Å². The van der Waals surface area contributed by atoms with Crippen molar-refractivity contribution < 1.29 is 9.90 Å². The SMILES string of the molecule is NC(CSc1ccccc1)CC(=O)O. The minimum Gasteiger partial charge on any atom is -0.481 e. The van der Waals surface area contributed by atoms with Gasteiger partial charge in [-0.2, -0.15) is 0 Å². The lowest BCUT2D eigenvalue weighted by Crippen LogP contribution is -2.26. The van der Waals surface area contributed by atoms with Crippen molar-refractivity contribution in [3.8, 4) is 0 Å². The molecule has 1 aromatic carbocycles. The van der Waals surface area contributed by atoms with Gasteiger partial charge in [-0.15, -0.1) is 11.8 Å². The normalized spacial score (nSPS) is 12.4. The number of nitrogens with two attached hydrogens (primary N) is 1. The smallest absolute Gasteiger partial charge is 0.304 e. The van der Waals surface area contributed by atoms with Gasteiger partial charge >= 0.3 is 5.97 Å². The van der Waals surface area contributed by atoms with Gasteiger partial charge in [-0.25, -0.2) is 0 Å². The first-order valence-corrected chi connectivity index (χ1v) is 5.32. The zero-order valence-electron chi connectivity index (χ0n) is 7.72. The lowest BCUT2D eigenvalue weighted by atomic mass is 10.2. The average Bonchev–Trinajstić information content (AvgIpc) is 2.15. The van der Waals surface area contributed by atoms with E-state index in [4.69, 9.17) is 10.8 Å². The lowest BCUT2D eigenvalue weighted by Gasteiger charge is -2.07. The third kappa shape index (κ3) is 4.30. The van der Waals surface area contributed by atoms with Crippen LogP contribution in [0, 0.1) is 0 Å². The Labute approximate surface area is 87.3 Å². The van der Waals surface area contributed by atoms with Crippen LogP contribution >= 0.6 is 11.8 Å². The number of benzene rings is 1. The molecule has 3 nitrogen and oxygen atoms in total. The molecule has 1 aromatic rings. The highest BCUT2D eigenvalue weighted by Crippen LogP contribution is 2.17. The summed E-state index contributed by atoms with van der Waals surface area (Å²) in [4.78, 5) is 11.5. The van der Waals surface area contributed by atoms with Crippen molar-refractivity contribution in [2.24, 2.45) is 5.73 Å². The molecule has 4 heteroatoms. The topological polar surface area (TPSA) is 63.3 Å². The second-order valence-electron chi connectivity index (χ2n) is 2.98. The monoisotopic (exact) mass is 211 g/mol. The summed E-state index contributed by atoms with van der Waals surface area (Å²) in [5, 5.41) is 8.49. The highest BCUT2D eigenvalue weighted by Gasteiger charge is 2.07. The third-order valence-electron chi connectivity index (χ3n) is 1.64. The quantitative estimate of drug-likeness (QED) is 0.726. The minimum absolute atomic E-state index is 0.0276. The molecule has 0 saturated heterocycles. The number of carboxylic acids is 1. The van der Waals surface area contributed by atoms with Crippen LogP contribution in [0.2, 0.25) is 0 Å². The molecule has 0 saturated carbocycles. The van der Waals surface area contributed by atoms with E-state index in [-0.39, 0.29) is 12.5 Å². The summed E-state index contributed by atoms with van der Waals surface area (Å²) in [6.07, 6.45) is 0.0276. The van der Waals surface area contributed by atoms with Crippen LogP contribution in [0.25, 0.3) is 0 Å². The van der Waals surface area contributed by atoms with Gasteiger partial charge in [0.15, 0.2) is 0 Å². The van der Waals surface area contributed by atoms with E-state index in [1.807, 2.05) is 30.3 Å². The van der Waals surface area contributed by atoms with E-state index in [0.717, 1.165) is 4.90 Å². The molecule has 1 atom stereocenters. The Morgan fingerprint density at radius 2 is 2.07 bits per heavy atom. The summed E-state index contributed by atoms with van der Waals surface area (Å²) in [7, 11) is 0. The van der Waals surface area contributed by atoms with Crippen LogP contribution in [-0.4, -0.2) is 22.9 Å². The number of aliphatic carboxylic acids is 1. The summed E-state index contributed by atoms with van der Waals surface area (Å²) in [6, 6.07) is 9.53. The van der Waals surface area contributed by atoms with Gasteiger partial charge in [0.25, 0.3) is 0 Å². The van der Waals surface area contributed by atoms with E-state index in [2.05, 4.69) is 0 Å². The maximum absolute atomic E-state index is 10.3. The van der Waals surface area contributed by atoms with Crippen molar-refractivity contribution in [1.29, 1.82) is 0 Å². The second kappa shape index (κ2) is 5.67. The molecule has 0 heterocycles. The summed E-state index contributed by atoms with van der Waals surface area (Å²) in [5.41, 5.74) is 5.62. The fraction of sp³-hybridized carbons (Fsp3) is 0.300. The number of carboxylic acid groups (broad SMARTS) is 1. The first kappa shape index (κ1) is 11.1. The van der Waals surface area contributed by atoms with Crippen LogP contribution in [0.3, 0.4) is 0 Å². The molecule has 0 aromatic heterocycles.